The molecule has 0 spiro atoms. The molecule has 96 valence electrons. The zero-order valence-electron chi connectivity index (χ0n) is 10.2. The summed E-state index contributed by atoms with van der Waals surface area (Å²) in [6.45, 7) is 0.689. The predicted octanol–water partition coefficient (Wildman–Crippen LogP) is 3.43. The molecule has 0 unspecified atom stereocenters. The highest BCUT2D eigenvalue weighted by atomic mass is 79.9. The second kappa shape index (κ2) is 6.37. The second-order valence-electron chi connectivity index (χ2n) is 4.10. The summed E-state index contributed by atoms with van der Waals surface area (Å²) in [5.41, 5.74) is 3.41. The van der Waals surface area contributed by atoms with Gasteiger partial charge in [0.15, 0.2) is 0 Å². The van der Waals surface area contributed by atoms with Crippen molar-refractivity contribution in [3.8, 4) is 6.07 Å². The quantitative estimate of drug-likeness (QED) is 0.908. The molecular formula is C15H13BrN2O. The molecule has 0 atom stereocenters. The van der Waals surface area contributed by atoms with E-state index in [9.17, 15) is 0 Å². The predicted molar refractivity (Wildman–Crippen MR) is 78.5 cm³/mol. The van der Waals surface area contributed by atoms with Crippen LogP contribution in [0.1, 0.15) is 16.7 Å². The van der Waals surface area contributed by atoms with E-state index in [-0.39, 0.29) is 6.61 Å². The Hall–Kier alpha value is -1.83. The maximum absolute atomic E-state index is 9.12. The number of halogens is 1. The Bertz CT molecular complexity index is 603. The van der Waals surface area contributed by atoms with Gasteiger partial charge in [0.1, 0.15) is 6.07 Å². The van der Waals surface area contributed by atoms with E-state index in [1.54, 1.807) is 0 Å². The number of hydrogen-bond acceptors (Lipinski definition) is 3. The fourth-order valence-electron chi connectivity index (χ4n) is 1.74. The van der Waals surface area contributed by atoms with Crippen LogP contribution in [0.4, 0.5) is 5.69 Å². The molecule has 0 heterocycles. The van der Waals surface area contributed by atoms with E-state index in [0.717, 1.165) is 21.3 Å². The Balaban J connectivity index is 2.10. The molecule has 0 radical (unpaired) electrons. The first-order valence-electron chi connectivity index (χ1n) is 5.85. The standard InChI is InChI=1S/C15H13BrN2O/c16-14-2-1-3-15(13(14)8-17)18-9-11-4-6-12(10-19)7-5-11/h1-7,18-19H,9-10H2. The molecule has 0 fully saturated rings. The van der Waals surface area contributed by atoms with Gasteiger partial charge in [0.05, 0.1) is 17.9 Å². The van der Waals surface area contributed by atoms with E-state index in [4.69, 9.17) is 10.4 Å². The summed E-state index contributed by atoms with van der Waals surface area (Å²) in [6, 6.07) is 15.5. The highest BCUT2D eigenvalue weighted by Gasteiger charge is 2.05. The van der Waals surface area contributed by atoms with Gasteiger partial charge >= 0.3 is 0 Å². The maximum Gasteiger partial charge on any atom is 0.103 e. The molecule has 0 saturated carbocycles. The van der Waals surface area contributed by atoms with Crippen molar-refractivity contribution in [2.24, 2.45) is 0 Å². The van der Waals surface area contributed by atoms with Gasteiger partial charge in [-0.1, -0.05) is 30.3 Å². The summed E-state index contributed by atoms with van der Waals surface area (Å²) in [5, 5.41) is 21.3. The number of benzene rings is 2. The van der Waals surface area contributed by atoms with Crippen molar-refractivity contribution in [3.63, 3.8) is 0 Å². The number of hydrogen-bond donors (Lipinski definition) is 2. The van der Waals surface area contributed by atoms with Gasteiger partial charge in [-0.05, 0) is 39.2 Å². The molecule has 19 heavy (non-hydrogen) atoms. The number of rotatable bonds is 4. The lowest BCUT2D eigenvalue weighted by Gasteiger charge is -2.09. The number of aliphatic hydroxyl groups is 1. The van der Waals surface area contributed by atoms with E-state index in [1.165, 1.54) is 0 Å². The molecule has 2 rings (SSSR count). The van der Waals surface area contributed by atoms with Crippen LogP contribution in [0.15, 0.2) is 46.9 Å². The molecule has 0 aliphatic heterocycles. The zero-order chi connectivity index (χ0) is 13.7. The number of nitrogens with zero attached hydrogens (tertiary/aromatic N) is 1. The smallest absolute Gasteiger partial charge is 0.103 e. The fraction of sp³-hybridized carbons (Fsp3) is 0.133. The molecule has 0 aliphatic rings. The van der Waals surface area contributed by atoms with Crippen LogP contribution in [0.3, 0.4) is 0 Å². The third-order valence-electron chi connectivity index (χ3n) is 2.81. The molecule has 0 amide bonds. The van der Waals surface area contributed by atoms with E-state index in [1.807, 2.05) is 42.5 Å². The number of nitrogens with one attached hydrogen (secondary N) is 1. The largest absolute Gasteiger partial charge is 0.392 e. The minimum atomic E-state index is 0.0535. The average Bonchev–Trinajstić information content (AvgIpc) is 2.45. The van der Waals surface area contributed by atoms with Gasteiger partial charge in [0, 0.05) is 11.0 Å². The molecule has 3 nitrogen and oxygen atoms in total. The third-order valence-corrected chi connectivity index (χ3v) is 3.47. The number of nitriles is 1. The molecular weight excluding hydrogens is 304 g/mol. The first-order valence-corrected chi connectivity index (χ1v) is 6.65. The van der Waals surface area contributed by atoms with Crippen LogP contribution in [-0.2, 0) is 13.2 Å². The van der Waals surface area contributed by atoms with Crippen LogP contribution >= 0.6 is 15.9 Å². The molecule has 0 bridgehead atoms. The van der Waals surface area contributed by atoms with E-state index in [0.29, 0.717) is 12.1 Å². The minimum Gasteiger partial charge on any atom is -0.392 e. The summed E-state index contributed by atoms with van der Waals surface area (Å²) in [5.74, 6) is 0. The lowest BCUT2D eigenvalue weighted by Crippen LogP contribution is -2.01. The van der Waals surface area contributed by atoms with Crippen LogP contribution in [-0.4, -0.2) is 5.11 Å². The lowest BCUT2D eigenvalue weighted by atomic mass is 10.1. The van der Waals surface area contributed by atoms with Crippen molar-refractivity contribution in [1.82, 2.24) is 0 Å². The van der Waals surface area contributed by atoms with Crippen molar-refractivity contribution in [2.75, 3.05) is 5.32 Å². The monoisotopic (exact) mass is 316 g/mol. The summed E-state index contributed by atoms with van der Waals surface area (Å²) in [6.07, 6.45) is 0. The van der Waals surface area contributed by atoms with Gasteiger partial charge in [-0.2, -0.15) is 5.26 Å². The van der Waals surface area contributed by atoms with Crippen LogP contribution in [0.5, 0.6) is 0 Å². The summed E-state index contributed by atoms with van der Waals surface area (Å²) in [7, 11) is 0. The molecule has 2 aromatic carbocycles. The van der Waals surface area contributed by atoms with E-state index in [2.05, 4.69) is 27.3 Å². The lowest BCUT2D eigenvalue weighted by molar-refractivity contribution is 0.282. The van der Waals surface area contributed by atoms with Crippen LogP contribution in [0.25, 0.3) is 0 Å². The van der Waals surface area contributed by atoms with Gasteiger partial charge in [-0.15, -0.1) is 0 Å². The van der Waals surface area contributed by atoms with Crippen molar-refractivity contribution in [1.29, 1.82) is 5.26 Å². The van der Waals surface area contributed by atoms with Gasteiger partial charge in [-0.25, -0.2) is 0 Å². The fourth-order valence-corrected chi connectivity index (χ4v) is 2.20. The number of aliphatic hydroxyl groups excluding tert-OH is 1. The van der Waals surface area contributed by atoms with Crippen molar-refractivity contribution >= 4 is 21.6 Å². The summed E-state index contributed by atoms with van der Waals surface area (Å²) in [4.78, 5) is 0. The first kappa shape index (κ1) is 13.6. The Morgan fingerprint density at radius 2 is 1.79 bits per heavy atom. The normalized spacial score (nSPS) is 9.95. The molecule has 0 aliphatic carbocycles. The van der Waals surface area contributed by atoms with Gasteiger partial charge in [0.25, 0.3) is 0 Å². The zero-order valence-corrected chi connectivity index (χ0v) is 11.8. The van der Waals surface area contributed by atoms with Crippen LogP contribution in [0.2, 0.25) is 0 Å². The second-order valence-corrected chi connectivity index (χ2v) is 4.96. The highest BCUT2D eigenvalue weighted by molar-refractivity contribution is 9.10. The van der Waals surface area contributed by atoms with Crippen molar-refractivity contribution < 1.29 is 5.11 Å². The molecule has 2 N–H and O–H groups in total. The summed E-state index contributed by atoms with van der Waals surface area (Å²) >= 11 is 3.36. The Labute approximate surface area is 120 Å². The molecule has 4 heteroatoms. The molecule has 0 saturated heterocycles. The van der Waals surface area contributed by atoms with Gasteiger partial charge in [0.2, 0.25) is 0 Å². The summed E-state index contributed by atoms with van der Waals surface area (Å²) < 4.78 is 0.788. The Kier molecular flexibility index (Phi) is 4.56. The SMILES string of the molecule is N#Cc1c(Br)cccc1NCc1ccc(CO)cc1. The Morgan fingerprint density at radius 1 is 1.11 bits per heavy atom. The number of anilines is 1. The molecule has 0 aromatic heterocycles. The highest BCUT2D eigenvalue weighted by Crippen LogP contribution is 2.24. The topological polar surface area (TPSA) is 56.0 Å². The minimum absolute atomic E-state index is 0.0535. The Morgan fingerprint density at radius 3 is 2.42 bits per heavy atom. The average molecular weight is 317 g/mol. The third kappa shape index (κ3) is 3.34. The molecule has 2 aromatic rings. The van der Waals surface area contributed by atoms with Gasteiger partial charge < -0.3 is 10.4 Å². The van der Waals surface area contributed by atoms with E-state index < -0.39 is 0 Å². The van der Waals surface area contributed by atoms with Crippen LogP contribution < -0.4 is 5.32 Å². The van der Waals surface area contributed by atoms with Crippen molar-refractivity contribution in [3.05, 3.63) is 63.6 Å². The first-order chi connectivity index (χ1) is 9.24. The maximum atomic E-state index is 9.12. The van der Waals surface area contributed by atoms with E-state index >= 15 is 0 Å². The van der Waals surface area contributed by atoms with Gasteiger partial charge in [-0.3, -0.25) is 0 Å². The van der Waals surface area contributed by atoms with Crippen molar-refractivity contribution in [2.45, 2.75) is 13.2 Å². The van der Waals surface area contributed by atoms with Crippen LogP contribution in [0, 0.1) is 11.3 Å².